The van der Waals surface area contributed by atoms with E-state index in [1.54, 1.807) is 6.20 Å². The van der Waals surface area contributed by atoms with E-state index in [2.05, 4.69) is 20.6 Å². The van der Waals surface area contributed by atoms with Gasteiger partial charge in [-0.3, -0.25) is 10.1 Å². The number of halogens is 2. The first-order valence-electron chi connectivity index (χ1n) is 7.84. The zero-order chi connectivity index (χ0) is 16.7. The molecule has 1 aromatic heterocycles. The van der Waals surface area contributed by atoms with Crippen molar-refractivity contribution in [2.24, 2.45) is 0 Å². The van der Waals surface area contributed by atoms with Crippen LogP contribution in [0.25, 0.3) is 0 Å². The molecular formula is C17H16F2N4O. The summed E-state index contributed by atoms with van der Waals surface area (Å²) in [5.74, 6) is -1.33. The average molecular weight is 330 g/mol. The summed E-state index contributed by atoms with van der Waals surface area (Å²) in [6, 6.07) is 3.13. The van der Waals surface area contributed by atoms with Gasteiger partial charge in [-0.2, -0.15) is 0 Å². The fraction of sp³-hybridized carbons (Fsp3) is 0.353. The van der Waals surface area contributed by atoms with Gasteiger partial charge in [-0.15, -0.1) is 0 Å². The van der Waals surface area contributed by atoms with E-state index in [9.17, 15) is 13.6 Å². The second kappa shape index (κ2) is 5.59. The second-order valence-corrected chi connectivity index (χ2v) is 6.36. The summed E-state index contributed by atoms with van der Waals surface area (Å²) in [4.78, 5) is 20.6. The van der Waals surface area contributed by atoms with Crippen LogP contribution in [0.1, 0.15) is 35.7 Å². The Balaban J connectivity index is 1.46. The number of hydrogen-bond acceptors (Lipinski definition) is 4. The van der Waals surface area contributed by atoms with Crippen LogP contribution in [0.4, 0.5) is 8.78 Å². The van der Waals surface area contributed by atoms with E-state index < -0.39 is 23.1 Å². The Morgan fingerprint density at radius 3 is 2.96 bits per heavy atom. The third-order valence-electron chi connectivity index (χ3n) is 4.83. The topological polar surface area (TPSA) is 66.9 Å². The van der Waals surface area contributed by atoms with Crippen molar-refractivity contribution < 1.29 is 13.6 Å². The Morgan fingerprint density at radius 1 is 1.38 bits per heavy atom. The van der Waals surface area contributed by atoms with Gasteiger partial charge in [0.1, 0.15) is 24.0 Å². The van der Waals surface area contributed by atoms with Gasteiger partial charge in [0.2, 0.25) is 5.91 Å². The van der Waals surface area contributed by atoms with Gasteiger partial charge in [0.05, 0.1) is 5.69 Å². The van der Waals surface area contributed by atoms with Gasteiger partial charge in [0.25, 0.3) is 0 Å². The van der Waals surface area contributed by atoms with Gasteiger partial charge in [-0.05, 0) is 24.5 Å². The molecule has 0 saturated heterocycles. The zero-order valence-corrected chi connectivity index (χ0v) is 12.9. The van der Waals surface area contributed by atoms with E-state index in [0.29, 0.717) is 18.7 Å². The molecule has 0 radical (unpaired) electrons. The van der Waals surface area contributed by atoms with Crippen molar-refractivity contribution in [1.29, 1.82) is 0 Å². The number of rotatable bonds is 4. The Kier molecular flexibility index (Phi) is 3.53. The molecule has 1 fully saturated rings. The van der Waals surface area contributed by atoms with Gasteiger partial charge in [0, 0.05) is 36.3 Å². The number of carbonyl (C=O) groups is 1. The molecule has 1 atom stereocenters. The summed E-state index contributed by atoms with van der Waals surface area (Å²) in [5.41, 5.74) is 1.62. The van der Waals surface area contributed by atoms with Crippen molar-refractivity contribution >= 4 is 5.91 Å². The van der Waals surface area contributed by atoms with Crippen LogP contribution < -0.4 is 10.6 Å². The Bertz CT molecular complexity index is 807. The molecule has 0 spiro atoms. The number of benzene rings is 1. The van der Waals surface area contributed by atoms with Gasteiger partial charge in [-0.25, -0.2) is 18.7 Å². The highest BCUT2D eigenvalue weighted by Gasteiger charge is 2.46. The lowest BCUT2D eigenvalue weighted by Gasteiger charge is -2.19. The summed E-state index contributed by atoms with van der Waals surface area (Å²) >= 11 is 0. The summed E-state index contributed by atoms with van der Waals surface area (Å²) in [5, 5.41) is 5.99. The lowest BCUT2D eigenvalue weighted by Crippen LogP contribution is -2.38. The van der Waals surface area contributed by atoms with E-state index in [1.165, 1.54) is 18.5 Å². The lowest BCUT2D eigenvalue weighted by molar-refractivity contribution is -0.123. The summed E-state index contributed by atoms with van der Waals surface area (Å²) in [6.45, 7) is 0.850. The van der Waals surface area contributed by atoms with Crippen LogP contribution in [0.2, 0.25) is 0 Å². The molecular weight excluding hydrogens is 314 g/mol. The second-order valence-electron chi connectivity index (χ2n) is 6.36. The summed E-state index contributed by atoms with van der Waals surface area (Å²) < 4.78 is 27.1. The zero-order valence-electron chi connectivity index (χ0n) is 12.9. The molecule has 1 aliphatic heterocycles. The predicted molar refractivity (Wildman–Crippen MR) is 81.9 cm³/mol. The van der Waals surface area contributed by atoms with Gasteiger partial charge >= 0.3 is 0 Å². The molecule has 2 N–H and O–H groups in total. The fourth-order valence-corrected chi connectivity index (χ4v) is 3.27. The number of nitrogens with zero attached hydrogens (tertiary/aromatic N) is 2. The molecule has 1 aromatic carbocycles. The minimum atomic E-state index is -0.595. The maximum absolute atomic E-state index is 14.0. The number of carbonyl (C=O) groups excluding carboxylic acids is 1. The van der Waals surface area contributed by atoms with Crippen LogP contribution in [0.5, 0.6) is 0 Å². The van der Waals surface area contributed by atoms with E-state index in [1.807, 2.05) is 0 Å². The quantitative estimate of drug-likeness (QED) is 0.896. The largest absolute Gasteiger partial charge is 0.354 e. The Hall–Kier alpha value is -2.41. The molecule has 1 amide bonds. The van der Waals surface area contributed by atoms with Crippen LogP contribution in [0, 0.1) is 11.6 Å². The standard InChI is InChI=1S/C17H16F2N4O/c18-10-1-2-12(13(19)5-10)17(3-4-17)8-22-16(24)15-11-6-20-9-23-14(11)7-21-15/h1-2,5-6,9,15,21H,3-4,7-8H2,(H,22,24). The molecule has 124 valence electrons. The van der Waals surface area contributed by atoms with E-state index >= 15 is 0 Å². The highest BCUT2D eigenvalue weighted by atomic mass is 19.1. The number of aromatic nitrogens is 2. The Morgan fingerprint density at radius 2 is 2.21 bits per heavy atom. The minimum absolute atomic E-state index is 0.183. The molecule has 5 nitrogen and oxygen atoms in total. The predicted octanol–water partition coefficient (Wildman–Crippen LogP) is 1.75. The molecule has 1 aliphatic carbocycles. The molecule has 4 rings (SSSR count). The third-order valence-corrected chi connectivity index (χ3v) is 4.83. The van der Waals surface area contributed by atoms with Crippen LogP contribution in [0.15, 0.2) is 30.7 Å². The molecule has 24 heavy (non-hydrogen) atoms. The van der Waals surface area contributed by atoms with Crippen molar-refractivity contribution in [3.8, 4) is 0 Å². The third kappa shape index (κ3) is 2.54. The molecule has 2 aliphatic rings. The highest BCUT2D eigenvalue weighted by molar-refractivity contribution is 5.84. The van der Waals surface area contributed by atoms with E-state index in [-0.39, 0.29) is 5.91 Å². The van der Waals surface area contributed by atoms with Crippen LogP contribution in [0.3, 0.4) is 0 Å². The van der Waals surface area contributed by atoms with Gasteiger partial charge < -0.3 is 5.32 Å². The lowest BCUT2D eigenvalue weighted by atomic mass is 9.95. The molecule has 2 aromatic rings. The monoisotopic (exact) mass is 330 g/mol. The van der Waals surface area contributed by atoms with Crippen molar-refractivity contribution in [3.05, 3.63) is 59.2 Å². The van der Waals surface area contributed by atoms with Crippen molar-refractivity contribution in [3.63, 3.8) is 0 Å². The minimum Gasteiger partial charge on any atom is -0.354 e. The summed E-state index contributed by atoms with van der Waals surface area (Å²) in [6.07, 6.45) is 4.64. The normalized spacial score (nSPS) is 20.5. The fourth-order valence-electron chi connectivity index (χ4n) is 3.27. The molecule has 2 heterocycles. The average Bonchev–Trinajstić information content (AvgIpc) is 3.23. The Labute approximate surface area is 137 Å². The van der Waals surface area contributed by atoms with Gasteiger partial charge in [0.15, 0.2) is 0 Å². The first-order valence-corrected chi connectivity index (χ1v) is 7.84. The number of hydrogen-bond donors (Lipinski definition) is 2. The van der Waals surface area contributed by atoms with Gasteiger partial charge in [-0.1, -0.05) is 6.07 Å². The SMILES string of the molecule is O=C(NCC1(c2ccc(F)cc2F)CC1)C1NCc2ncncc21. The summed E-state index contributed by atoms with van der Waals surface area (Å²) in [7, 11) is 0. The smallest absolute Gasteiger partial charge is 0.241 e. The number of fused-ring (bicyclic) bond motifs is 1. The van der Waals surface area contributed by atoms with Crippen molar-refractivity contribution in [2.45, 2.75) is 30.8 Å². The van der Waals surface area contributed by atoms with Crippen LogP contribution >= 0.6 is 0 Å². The van der Waals surface area contributed by atoms with E-state index in [0.717, 1.165) is 30.2 Å². The van der Waals surface area contributed by atoms with Crippen molar-refractivity contribution in [1.82, 2.24) is 20.6 Å². The molecule has 0 bridgehead atoms. The first-order chi connectivity index (χ1) is 11.6. The van der Waals surface area contributed by atoms with Crippen molar-refractivity contribution in [2.75, 3.05) is 6.54 Å². The molecule has 7 heteroatoms. The first kappa shape index (κ1) is 15.1. The van der Waals surface area contributed by atoms with Crippen LogP contribution in [-0.2, 0) is 16.8 Å². The molecule has 1 unspecified atom stereocenters. The highest BCUT2D eigenvalue weighted by Crippen LogP contribution is 2.48. The number of amides is 1. The van der Waals surface area contributed by atoms with E-state index in [4.69, 9.17) is 0 Å². The maximum Gasteiger partial charge on any atom is 0.241 e. The number of nitrogens with one attached hydrogen (secondary N) is 2. The molecule has 1 saturated carbocycles. The maximum atomic E-state index is 14.0. The van der Waals surface area contributed by atoms with Crippen LogP contribution in [-0.4, -0.2) is 22.4 Å².